The van der Waals surface area contributed by atoms with E-state index < -0.39 is 0 Å². The van der Waals surface area contributed by atoms with Gasteiger partial charge in [-0.15, -0.1) is 11.3 Å². The van der Waals surface area contributed by atoms with Gasteiger partial charge in [-0.1, -0.05) is 18.2 Å². The first-order valence-electron chi connectivity index (χ1n) is 7.21. The number of nitrogens with zero attached hydrogens (tertiary/aromatic N) is 1. The van der Waals surface area contributed by atoms with Crippen LogP contribution >= 0.6 is 11.3 Å². The van der Waals surface area contributed by atoms with Gasteiger partial charge >= 0.3 is 0 Å². The van der Waals surface area contributed by atoms with Gasteiger partial charge in [-0.05, 0) is 18.9 Å². The molecular formula is C16H14FN3OS. The molecule has 4 nitrogen and oxygen atoms in total. The van der Waals surface area contributed by atoms with E-state index in [9.17, 15) is 9.18 Å². The van der Waals surface area contributed by atoms with E-state index in [4.69, 9.17) is 0 Å². The minimum absolute atomic E-state index is 0.211. The number of aromatic amines is 1. The molecule has 2 heterocycles. The van der Waals surface area contributed by atoms with Gasteiger partial charge in [0.2, 0.25) is 0 Å². The summed E-state index contributed by atoms with van der Waals surface area (Å²) in [5, 5.41) is 5.58. The Morgan fingerprint density at radius 2 is 2.14 bits per heavy atom. The lowest BCUT2D eigenvalue weighted by Crippen LogP contribution is -2.20. The van der Waals surface area contributed by atoms with E-state index in [1.54, 1.807) is 23.6 Å². The summed E-state index contributed by atoms with van der Waals surface area (Å²) >= 11 is 1.37. The molecule has 0 amide bonds. The molecule has 112 valence electrons. The van der Waals surface area contributed by atoms with Crippen LogP contribution in [0, 0.1) is 5.82 Å². The van der Waals surface area contributed by atoms with Crippen LogP contribution in [-0.4, -0.2) is 16.0 Å². The third-order valence-corrected chi connectivity index (χ3v) is 4.66. The largest absolute Gasteiger partial charge is 0.309 e. The monoisotopic (exact) mass is 315 g/mol. The Morgan fingerprint density at radius 3 is 2.91 bits per heavy atom. The van der Waals surface area contributed by atoms with E-state index in [-0.39, 0.29) is 11.4 Å². The molecule has 0 radical (unpaired) electrons. The maximum atomic E-state index is 14.0. The van der Waals surface area contributed by atoms with Crippen molar-refractivity contribution in [1.29, 1.82) is 0 Å². The standard InChI is InChI=1S/C16H14FN3OS/c17-12-4-2-1-3-10(12)11-8-22-16-14(11)15(21)19-13(20-16)7-18-9-5-6-9/h1-4,8-9,18H,5-7H2,(H,19,20,21). The summed E-state index contributed by atoms with van der Waals surface area (Å²) in [4.78, 5) is 20.3. The van der Waals surface area contributed by atoms with E-state index in [0.29, 0.717) is 39.8 Å². The van der Waals surface area contributed by atoms with Crippen molar-refractivity contribution in [3.8, 4) is 11.1 Å². The average molecular weight is 315 g/mol. The zero-order chi connectivity index (χ0) is 15.1. The minimum Gasteiger partial charge on any atom is -0.309 e. The Morgan fingerprint density at radius 1 is 1.32 bits per heavy atom. The van der Waals surface area contributed by atoms with E-state index in [1.807, 2.05) is 0 Å². The average Bonchev–Trinajstić information content (AvgIpc) is 3.24. The summed E-state index contributed by atoms with van der Waals surface area (Å²) in [7, 11) is 0. The summed E-state index contributed by atoms with van der Waals surface area (Å²) < 4.78 is 14.0. The highest BCUT2D eigenvalue weighted by Gasteiger charge is 2.21. The van der Waals surface area contributed by atoms with E-state index >= 15 is 0 Å². The summed E-state index contributed by atoms with van der Waals surface area (Å²) in [6.45, 7) is 0.558. The highest BCUT2D eigenvalue weighted by atomic mass is 32.1. The van der Waals surface area contributed by atoms with Crippen LogP contribution in [0.3, 0.4) is 0 Å². The van der Waals surface area contributed by atoms with Crippen LogP contribution in [0.25, 0.3) is 21.3 Å². The third-order valence-electron chi connectivity index (χ3n) is 3.79. The molecule has 1 aliphatic rings. The second-order valence-corrected chi connectivity index (χ2v) is 6.34. The molecule has 3 aromatic rings. The Bertz CT molecular complexity index is 898. The fraction of sp³-hybridized carbons (Fsp3) is 0.250. The maximum Gasteiger partial charge on any atom is 0.260 e. The molecule has 6 heteroatoms. The fourth-order valence-corrected chi connectivity index (χ4v) is 3.44. The fourth-order valence-electron chi connectivity index (χ4n) is 2.48. The van der Waals surface area contributed by atoms with E-state index in [1.165, 1.54) is 30.2 Å². The number of hydrogen-bond donors (Lipinski definition) is 2. The second kappa shape index (κ2) is 5.30. The highest BCUT2D eigenvalue weighted by molar-refractivity contribution is 7.17. The number of hydrogen-bond acceptors (Lipinski definition) is 4. The van der Waals surface area contributed by atoms with Crippen molar-refractivity contribution >= 4 is 21.6 Å². The molecule has 22 heavy (non-hydrogen) atoms. The molecule has 4 rings (SSSR count). The predicted molar refractivity (Wildman–Crippen MR) is 85.5 cm³/mol. The first kappa shape index (κ1) is 13.6. The number of nitrogens with one attached hydrogen (secondary N) is 2. The molecule has 1 fully saturated rings. The second-order valence-electron chi connectivity index (χ2n) is 5.48. The van der Waals surface area contributed by atoms with Crippen LogP contribution in [0.1, 0.15) is 18.7 Å². The first-order chi connectivity index (χ1) is 10.7. The van der Waals surface area contributed by atoms with Crippen LogP contribution in [-0.2, 0) is 6.54 Å². The number of thiophene rings is 1. The molecule has 2 N–H and O–H groups in total. The highest BCUT2D eigenvalue weighted by Crippen LogP contribution is 2.32. The molecule has 0 aliphatic heterocycles. The van der Waals surface area contributed by atoms with Crippen LogP contribution in [0.5, 0.6) is 0 Å². The van der Waals surface area contributed by atoms with E-state index in [2.05, 4.69) is 15.3 Å². The number of fused-ring (bicyclic) bond motifs is 1. The zero-order valence-corrected chi connectivity index (χ0v) is 12.5. The van der Waals surface area contributed by atoms with Crippen molar-refractivity contribution < 1.29 is 4.39 Å². The van der Waals surface area contributed by atoms with Gasteiger partial charge < -0.3 is 10.3 Å². The van der Waals surface area contributed by atoms with Crippen LogP contribution in [0.4, 0.5) is 4.39 Å². The van der Waals surface area contributed by atoms with Gasteiger partial charge in [0.05, 0.1) is 11.9 Å². The number of aromatic nitrogens is 2. The molecule has 0 spiro atoms. The summed E-state index contributed by atoms with van der Waals surface area (Å²) in [5.74, 6) is 0.299. The molecule has 1 aliphatic carbocycles. The molecule has 0 unspecified atom stereocenters. The Kier molecular flexibility index (Phi) is 3.28. The van der Waals surface area contributed by atoms with E-state index in [0.717, 1.165) is 0 Å². The molecule has 2 aromatic heterocycles. The number of rotatable bonds is 4. The van der Waals surface area contributed by atoms with Gasteiger partial charge in [-0.25, -0.2) is 9.37 Å². The lowest BCUT2D eigenvalue weighted by Gasteiger charge is -2.04. The predicted octanol–water partition coefficient (Wildman–Crippen LogP) is 3.04. The third kappa shape index (κ3) is 2.44. The zero-order valence-electron chi connectivity index (χ0n) is 11.7. The van der Waals surface area contributed by atoms with Crippen molar-refractivity contribution in [3.05, 3.63) is 51.6 Å². The molecular weight excluding hydrogens is 301 g/mol. The first-order valence-corrected chi connectivity index (χ1v) is 8.09. The van der Waals surface area contributed by atoms with Gasteiger partial charge in [0, 0.05) is 22.5 Å². The number of H-pyrrole nitrogens is 1. The summed E-state index contributed by atoms with van der Waals surface area (Å²) in [5.41, 5.74) is 0.829. The number of halogens is 1. The SMILES string of the molecule is O=c1[nH]c(CNC2CC2)nc2scc(-c3ccccc3F)c12. The molecule has 0 atom stereocenters. The Balaban J connectivity index is 1.78. The van der Waals surface area contributed by atoms with Crippen molar-refractivity contribution in [2.24, 2.45) is 0 Å². The van der Waals surface area contributed by atoms with Crippen molar-refractivity contribution in [2.45, 2.75) is 25.4 Å². The summed E-state index contributed by atoms with van der Waals surface area (Å²) in [6.07, 6.45) is 2.37. The van der Waals surface area contributed by atoms with Gasteiger partial charge in [-0.2, -0.15) is 0 Å². The molecule has 1 aromatic carbocycles. The van der Waals surface area contributed by atoms with Gasteiger partial charge in [-0.3, -0.25) is 4.79 Å². The van der Waals surface area contributed by atoms with Crippen LogP contribution in [0.15, 0.2) is 34.4 Å². The van der Waals surface area contributed by atoms with Crippen LogP contribution < -0.4 is 10.9 Å². The quantitative estimate of drug-likeness (QED) is 0.778. The Labute approximate surface area is 130 Å². The van der Waals surface area contributed by atoms with Crippen molar-refractivity contribution in [3.63, 3.8) is 0 Å². The molecule has 1 saturated carbocycles. The van der Waals surface area contributed by atoms with Gasteiger partial charge in [0.1, 0.15) is 16.5 Å². The van der Waals surface area contributed by atoms with Crippen molar-refractivity contribution in [1.82, 2.24) is 15.3 Å². The maximum absolute atomic E-state index is 14.0. The normalized spacial score (nSPS) is 14.6. The topological polar surface area (TPSA) is 57.8 Å². The minimum atomic E-state index is -0.332. The Hall–Kier alpha value is -2.05. The van der Waals surface area contributed by atoms with Crippen molar-refractivity contribution in [2.75, 3.05) is 0 Å². The molecule has 0 bridgehead atoms. The molecule has 0 saturated heterocycles. The van der Waals surface area contributed by atoms with Gasteiger partial charge in [0.25, 0.3) is 5.56 Å². The van der Waals surface area contributed by atoms with Crippen LogP contribution in [0.2, 0.25) is 0 Å². The number of benzene rings is 1. The summed E-state index contributed by atoms with van der Waals surface area (Å²) in [6, 6.07) is 7.03. The smallest absolute Gasteiger partial charge is 0.260 e. The lowest BCUT2D eigenvalue weighted by atomic mass is 10.1. The van der Waals surface area contributed by atoms with Gasteiger partial charge in [0.15, 0.2) is 0 Å². The lowest BCUT2D eigenvalue weighted by molar-refractivity contribution is 0.631.